The number of likely N-dealkylation sites (N-methyl/N-ethyl adjacent to an activating group) is 1. The summed E-state index contributed by atoms with van der Waals surface area (Å²) >= 11 is 0. The summed E-state index contributed by atoms with van der Waals surface area (Å²) in [5, 5.41) is 0. The molecular weight excluding hydrogens is 761 g/mol. The standard InChI is InChI=1S/C33H69N8O10P3/c1-12-13-33(42)38-14-16-39(17-15-38)52(43,34(5)6)46-25-31-22-41(20-28(3)50-31)54(45,36(9)10)48-26-32-23-40(19-29(4)51-32)53(44,35(7)8)47-24-30-21-37(11)18-27(2)49-30/h27-32H,12-26H2,1-11H3. The van der Waals surface area contributed by atoms with Crippen molar-refractivity contribution in [2.45, 2.75) is 77.2 Å². The van der Waals surface area contributed by atoms with Crippen molar-refractivity contribution in [2.24, 2.45) is 0 Å². The van der Waals surface area contributed by atoms with E-state index in [0.29, 0.717) is 52.2 Å². The number of carbonyl (C=O) groups is 1. The van der Waals surface area contributed by atoms with Gasteiger partial charge in [0.15, 0.2) is 0 Å². The van der Waals surface area contributed by atoms with Gasteiger partial charge in [0.05, 0.1) is 56.4 Å². The zero-order valence-corrected chi connectivity index (χ0v) is 37.3. The van der Waals surface area contributed by atoms with Gasteiger partial charge in [-0.25, -0.2) is 28.0 Å². The van der Waals surface area contributed by atoms with Crippen LogP contribution >= 0.6 is 23.0 Å². The first-order valence-electron chi connectivity index (χ1n) is 19.3. The number of amides is 1. The van der Waals surface area contributed by atoms with Crippen LogP contribution in [0.25, 0.3) is 0 Å². The van der Waals surface area contributed by atoms with Gasteiger partial charge in [0.1, 0.15) is 0 Å². The van der Waals surface area contributed by atoms with Crippen LogP contribution in [0, 0.1) is 0 Å². The Morgan fingerprint density at radius 3 is 1.33 bits per heavy atom. The Hall–Kier alpha value is -0.360. The maximum atomic E-state index is 14.7. The predicted octanol–water partition coefficient (Wildman–Crippen LogP) is 2.89. The predicted molar refractivity (Wildman–Crippen MR) is 208 cm³/mol. The van der Waals surface area contributed by atoms with Crippen LogP contribution in [0.3, 0.4) is 0 Å². The molecule has 0 radical (unpaired) electrons. The van der Waals surface area contributed by atoms with E-state index in [1.807, 2.05) is 49.0 Å². The van der Waals surface area contributed by atoms with Crippen molar-refractivity contribution in [3.05, 3.63) is 0 Å². The van der Waals surface area contributed by atoms with Crippen LogP contribution in [-0.2, 0) is 46.3 Å². The lowest BCUT2D eigenvalue weighted by atomic mass is 10.2. The number of ether oxygens (including phenoxy) is 3. The third-order valence-corrected chi connectivity index (χ3v) is 17.8. The maximum Gasteiger partial charge on any atom is 0.345 e. The van der Waals surface area contributed by atoms with E-state index in [-0.39, 0.29) is 63.2 Å². The van der Waals surface area contributed by atoms with Gasteiger partial charge in [-0.1, -0.05) is 6.92 Å². The van der Waals surface area contributed by atoms with Crippen molar-refractivity contribution in [1.82, 2.24) is 37.8 Å². The third kappa shape index (κ3) is 11.6. The zero-order valence-electron chi connectivity index (χ0n) is 34.6. The summed E-state index contributed by atoms with van der Waals surface area (Å²) in [7, 11) is 1.91. The first kappa shape index (κ1) is 46.3. The van der Waals surface area contributed by atoms with E-state index in [1.165, 1.54) is 0 Å². The topological polar surface area (TPSA) is 150 Å². The lowest BCUT2D eigenvalue weighted by Crippen LogP contribution is -2.51. The number of morpholine rings is 3. The van der Waals surface area contributed by atoms with Gasteiger partial charge in [0, 0.05) is 71.9 Å². The number of rotatable bonds is 17. The first-order chi connectivity index (χ1) is 25.3. The molecular formula is C33H69N8O10P3. The molecule has 18 nitrogen and oxygen atoms in total. The molecule has 4 saturated heterocycles. The van der Waals surface area contributed by atoms with Gasteiger partial charge in [-0.05, 0) is 76.5 Å². The van der Waals surface area contributed by atoms with E-state index in [1.54, 1.807) is 61.0 Å². The Balaban J connectivity index is 1.38. The van der Waals surface area contributed by atoms with Crippen molar-refractivity contribution in [2.75, 3.05) is 135 Å². The van der Waals surface area contributed by atoms with Crippen molar-refractivity contribution < 1.29 is 46.3 Å². The lowest BCUT2D eigenvalue weighted by molar-refractivity contribution is -0.132. The van der Waals surface area contributed by atoms with Crippen LogP contribution in [-0.4, -0.2) is 215 Å². The summed E-state index contributed by atoms with van der Waals surface area (Å²) < 4.78 is 91.0. The molecule has 1 amide bonds. The molecule has 54 heavy (non-hydrogen) atoms. The van der Waals surface area contributed by atoms with Crippen LogP contribution in [0.15, 0.2) is 0 Å². The number of carbonyl (C=O) groups excluding carboxylic acids is 1. The fourth-order valence-corrected chi connectivity index (χ4v) is 13.6. The molecule has 4 aliphatic heterocycles. The zero-order chi connectivity index (χ0) is 40.0. The molecule has 316 valence electrons. The lowest BCUT2D eigenvalue weighted by Gasteiger charge is -2.45. The highest BCUT2D eigenvalue weighted by molar-refractivity contribution is 7.54. The van der Waals surface area contributed by atoms with Crippen molar-refractivity contribution in [3.63, 3.8) is 0 Å². The van der Waals surface area contributed by atoms with Gasteiger partial charge in [-0.3, -0.25) is 18.5 Å². The Bertz CT molecular complexity index is 1350. The van der Waals surface area contributed by atoms with Gasteiger partial charge < -0.3 is 37.6 Å². The van der Waals surface area contributed by atoms with Crippen molar-refractivity contribution in [3.8, 4) is 0 Å². The van der Waals surface area contributed by atoms with Crippen molar-refractivity contribution >= 4 is 28.9 Å². The molecule has 0 aromatic carbocycles. The van der Waals surface area contributed by atoms with Crippen LogP contribution in [0.5, 0.6) is 0 Å². The van der Waals surface area contributed by atoms with Gasteiger partial charge in [-0.2, -0.15) is 0 Å². The smallest absolute Gasteiger partial charge is 0.345 e. The average molecular weight is 831 g/mol. The number of hydrogen-bond donors (Lipinski definition) is 0. The van der Waals surface area contributed by atoms with Crippen LogP contribution < -0.4 is 0 Å². The summed E-state index contributed by atoms with van der Waals surface area (Å²) in [5.74, 6) is 0.114. The minimum absolute atomic E-state index is 0.00670. The molecule has 4 rings (SSSR count). The summed E-state index contributed by atoms with van der Waals surface area (Å²) in [6.07, 6.45) is -0.507. The van der Waals surface area contributed by atoms with Crippen molar-refractivity contribution in [1.29, 1.82) is 0 Å². The molecule has 0 aromatic heterocycles. The minimum Gasteiger partial charge on any atom is -0.370 e. The van der Waals surface area contributed by atoms with Crippen LogP contribution in [0.2, 0.25) is 0 Å². The molecule has 9 atom stereocenters. The Morgan fingerprint density at radius 1 is 0.593 bits per heavy atom. The monoisotopic (exact) mass is 830 g/mol. The average Bonchev–Trinajstić information content (AvgIpc) is 3.10. The van der Waals surface area contributed by atoms with Gasteiger partial charge in [-0.15, -0.1) is 0 Å². The molecule has 0 aliphatic carbocycles. The second kappa shape index (κ2) is 20.1. The molecule has 9 unspecified atom stereocenters. The Morgan fingerprint density at radius 2 is 0.963 bits per heavy atom. The molecule has 0 aromatic rings. The highest BCUT2D eigenvalue weighted by atomic mass is 31.2. The molecule has 0 spiro atoms. The first-order valence-corrected chi connectivity index (χ1v) is 23.9. The van der Waals surface area contributed by atoms with E-state index in [2.05, 4.69) is 4.90 Å². The van der Waals surface area contributed by atoms with Gasteiger partial charge >= 0.3 is 23.0 Å². The minimum atomic E-state index is -3.61. The Labute approximate surface area is 324 Å². The summed E-state index contributed by atoms with van der Waals surface area (Å²) in [5.41, 5.74) is 0. The second-order valence-electron chi connectivity index (χ2n) is 15.7. The normalized spacial score (nSPS) is 32.1. The second-order valence-corrected chi connectivity index (χ2v) is 23.5. The van der Waals surface area contributed by atoms with E-state index in [0.717, 1.165) is 13.0 Å². The SMILES string of the molecule is CCCC(=O)N1CCN(P(=O)(OCC2CN(P(=O)(OCC3CN(P(=O)(OCC4CN(C)CC(C)O4)N(C)C)CC(C)O3)N(C)C)CC(C)O2)N(C)C)CC1. The largest absolute Gasteiger partial charge is 0.370 e. The van der Waals surface area contributed by atoms with Crippen LogP contribution in [0.1, 0.15) is 40.5 Å². The van der Waals surface area contributed by atoms with E-state index < -0.39 is 35.2 Å². The maximum absolute atomic E-state index is 14.7. The van der Waals surface area contributed by atoms with Gasteiger partial charge in [0.2, 0.25) is 5.91 Å². The number of piperazine rings is 1. The Kier molecular flexibility index (Phi) is 17.2. The molecule has 0 saturated carbocycles. The molecule has 4 fully saturated rings. The quantitative estimate of drug-likeness (QED) is 0.198. The third-order valence-electron chi connectivity index (χ3n) is 10.1. The molecule has 21 heteroatoms. The van der Waals surface area contributed by atoms with E-state index >= 15 is 0 Å². The molecule has 0 N–H and O–H groups in total. The molecule has 4 heterocycles. The van der Waals surface area contributed by atoms with Gasteiger partial charge in [0.25, 0.3) is 0 Å². The van der Waals surface area contributed by atoms with Crippen LogP contribution in [0.4, 0.5) is 0 Å². The van der Waals surface area contributed by atoms with E-state index in [4.69, 9.17) is 27.8 Å². The summed E-state index contributed by atoms with van der Waals surface area (Å²) in [6.45, 7) is 12.6. The van der Waals surface area contributed by atoms with E-state index in [9.17, 15) is 18.5 Å². The molecule has 4 aliphatic rings. The number of hydrogen-bond acceptors (Lipinski definition) is 11. The number of nitrogens with zero attached hydrogens (tertiary/aromatic N) is 8. The fourth-order valence-electron chi connectivity index (χ4n) is 7.47. The highest BCUT2D eigenvalue weighted by Gasteiger charge is 2.46. The summed E-state index contributed by atoms with van der Waals surface area (Å²) in [4.78, 5) is 16.4. The highest BCUT2D eigenvalue weighted by Crippen LogP contribution is 2.57. The molecule has 0 bridgehead atoms. The summed E-state index contributed by atoms with van der Waals surface area (Å²) in [6, 6.07) is 0. The fraction of sp³-hybridized carbons (Fsp3) is 0.970.